The van der Waals surface area contributed by atoms with Gasteiger partial charge < -0.3 is 0 Å². The van der Waals surface area contributed by atoms with E-state index in [0.29, 0.717) is 6.42 Å². The van der Waals surface area contributed by atoms with Gasteiger partial charge in [0.1, 0.15) is 11.2 Å². The zero-order valence-corrected chi connectivity index (χ0v) is 12.6. The van der Waals surface area contributed by atoms with Crippen LogP contribution in [0.2, 0.25) is 0 Å². The van der Waals surface area contributed by atoms with Gasteiger partial charge in [0.05, 0.1) is 19.8 Å². The maximum absolute atomic E-state index is 10.8. The third kappa shape index (κ3) is 2.68. The second kappa shape index (κ2) is 4.58. The molecule has 1 N–H and O–H groups in total. The molecule has 0 saturated heterocycles. The predicted molar refractivity (Wildman–Crippen MR) is 77.8 cm³/mol. The number of likely N-dealkylation sites (N-methyl/N-ethyl adjacent to an activating group) is 1. The third-order valence-corrected chi connectivity index (χ3v) is 5.44. The molecule has 5 heteroatoms. The highest BCUT2D eigenvalue weighted by Gasteiger charge is 2.49. The van der Waals surface area contributed by atoms with Crippen LogP contribution in [0.3, 0.4) is 0 Å². The fourth-order valence-electron chi connectivity index (χ4n) is 3.11. The number of benzene rings is 1. The van der Waals surface area contributed by atoms with Gasteiger partial charge in [-0.2, -0.15) is 8.42 Å². The van der Waals surface area contributed by atoms with Crippen LogP contribution in [0.4, 0.5) is 5.69 Å². The molecule has 0 aliphatic carbocycles. The molecule has 0 saturated carbocycles. The van der Waals surface area contributed by atoms with Crippen molar-refractivity contribution in [2.45, 2.75) is 31.7 Å². The normalized spacial score (nSPS) is 25.3. The largest absolute Gasteiger partial charge is 0.291 e. The lowest BCUT2D eigenvalue weighted by atomic mass is 9.90. The first-order valence-electron chi connectivity index (χ1n) is 6.53. The van der Waals surface area contributed by atoms with Gasteiger partial charge in [0.2, 0.25) is 0 Å². The molecule has 0 aromatic heterocycles. The van der Waals surface area contributed by atoms with Crippen molar-refractivity contribution in [3.8, 4) is 0 Å². The van der Waals surface area contributed by atoms with Crippen LogP contribution in [0, 0.1) is 0 Å². The van der Waals surface area contributed by atoms with Gasteiger partial charge in [-0.15, -0.1) is 0 Å². The van der Waals surface area contributed by atoms with Crippen LogP contribution < -0.4 is 4.48 Å². The molecule has 1 aliphatic rings. The minimum atomic E-state index is -3.85. The first kappa shape index (κ1) is 14.5. The summed E-state index contributed by atoms with van der Waals surface area (Å²) in [5.41, 5.74) is 2.62. The van der Waals surface area contributed by atoms with Crippen LogP contribution in [0.5, 0.6) is 0 Å². The number of nitrogens with zero attached hydrogens (tertiary/aromatic N) is 1. The lowest BCUT2D eigenvalue weighted by molar-refractivity contribution is 0.184. The zero-order chi connectivity index (χ0) is 14.3. The molecule has 0 amide bonds. The second-order valence-corrected chi connectivity index (χ2v) is 7.72. The van der Waals surface area contributed by atoms with E-state index in [1.165, 1.54) is 11.3 Å². The average Bonchev–Trinajstić information content (AvgIpc) is 2.46. The Morgan fingerprint density at radius 3 is 2.53 bits per heavy atom. The maximum Gasteiger partial charge on any atom is 0.264 e. The molecule has 4 nitrogen and oxygen atoms in total. The van der Waals surface area contributed by atoms with E-state index in [0.717, 1.165) is 17.3 Å². The van der Waals surface area contributed by atoms with Gasteiger partial charge in [-0.25, -0.2) is 0 Å². The molecule has 1 unspecified atom stereocenters. The van der Waals surface area contributed by atoms with Gasteiger partial charge in [0, 0.05) is 18.4 Å². The minimum absolute atomic E-state index is 0.0195. The Morgan fingerprint density at radius 2 is 1.95 bits per heavy atom. The molecule has 1 aromatic rings. The van der Waals surface area contributed by atoms with Crippen molar-refractivity contribution in [3.63, 3.8) is 0 Å². The van der Waals surface area contributed by atoms with Crippen molar-refractivity contribution >= 4 is 15.8 Å². The lowest BCUT2D eigenvalue weighted by Crippen LogP contribution is -2.56. The molecule has 0 bridgehead atoms. The minimum Gasteiger partial charge on any atom is -0.291 e. The van der Waals surface area contributed by atoms with E-state index in [-0.39, 0.29) is 11.3 Å². The number of fused-ring (bicyclic) bond motifs is 1. The van der Waals surface area contributed by atoms with Crippen molar-refractivity contribution in [2.24, 2.45) is 0 Å². The third-order valence-electron chi connectivity index (χ3n) is 4.63. The summed E-state index contributed by atoms with van der Waals surface area (Å²) in [4.78, 5) is 0. The van der Waals surface area contributed by atoms with Gasteiger partial charge >= 0.3 is 0 Å². The van der Waals surface area contributed by atoms with Crippen LogP contribution in [0.25, 0.3) is 0 Å². The molecule has 2 rings (SSSR count). The number of hydrogen-bond donors (Lipinski definition) is 1. The SMILES string of the molecule is CC1(CCCS(=O)(=O)O)Cc2ccccc2[N+]1(C)C. The molecule has 1 aromatic carbocycles. The molecule has 1 aliphatic heterocycles. The van der Waals surface area contributed by atoms with Gasteiger partial charge in [-0.1, -0.05) is 18.2 Å². The molecule has 19 heavy (non-hydrogen) atoms. The van der Waals surface area contributed by atoms with Crippen molar-refractivity contribution in [1.29, 1.82) is 0 Å². The topological polar surface area (TPSA) is 54.4 Å². The fraction of sp³-hybridized carbons (Fsp3) is 0.571. The Balaban J connectivity index is 2.18. The average molecular weight is 284 g/mol. The van der Waals surface area contributed by atoms with Gasteiger partial charge in [-0.05, 0) is 19.4 Å². The van der Waals surface area contributed by atoms with E-state index in [1.54, 1.807) is 0 Å². The molecule has 0 radical (unpaired) electrons. The highest BCUT2D eigenvalue weighted by atomic mass is 32.2. The smallest absolute Gasteiger partial charge is 0.264 e. The molecule has 0 spiro atoms. The summed E-state index contributed by atoms with van der Waals surface area (Å²) in [6.45, 7) is 2.19. The number of quaternary nitrogens is 1. The van der Waals surface area contributed by atoms with E-state index in [1.807, 2.05) is 12.1 Å². The summed E-state index contributed by atoms with van der Waals surface area (Å²) < 4.78 is 31.3. The fourth-order valence-corrected chi connectivity index (χ4v) is 3.62. The van der Waals surface area contributed by atoms with Crippen LogP contribution in [0.15, 0.2) is 24.3 Å². The number of para-hydroxylation sites is 1. The highest BCUT2D eigenvalue weighted by molar-refractivity contribution is 7.85. The summed E-state index contributed by atoms with van der Waals surface area (Å²) in [5, 5.41) is 0. The first-order chi connectivity index (χ1) is 8.66. The molecule has 0 fully saturated rings. The second-order valence-electron chi connectivity index (χ2n) is 6.15. The Labute approximate surface area is 115 Å². The Bertz CT molecular complexity index is 580. The Kier molecular flexibility index (Phi) is 3.49. The molecule has 1 heterocycles. The quantitative estimate of drug-likeness (QED) is 0.681. The number of rotatable bonds is 4. The maximum atomic E-state index is 10.8. The molecule has 1 atom stereocenters. The van der Waals surface area contributed by atoms with Crippen molar-refractivity contribution in [2.75, 3.05) is 19.8 Å². The van der Waals surface area contributed by atoms with Crippen molar-refractivity contribution in [3.05, 3.63) is 29.8 Å². The number of hydrogen-bond acceptors (Lipinski definition) is 2. The lowest BCUT2D eigenvalue weighted by Gasteiger charge is -2.41. The highest BCUT2D eigenvalue weighted by Crippen LogP contribution is 2.44. The predicted octanol–water partition coefficient (Wildman–Crippen LogP) is 2.24. The standard InChI is InChI=1S/C14H21NO3S/c1-14(9-6-10-19(16,17)18)11-12-7-4-5-8-13(12)15(14,2)3/h4-5,7-8H,6,9-11H2,1-3H3/p+1. The van der Waals surface area contributed by atoms with Crippen LogP contribution in [0.1, 0.15) is 25.3 Å². The molecular weight excluding hydrogens is 262 g/mol. The van der Waals surface area contributed by atoms with E-state index in [2.05, 4.69) is 33.2 Å². The van der Waals surface area contributed by atoms with Crippen LogP contribution >= 0.6 is 0 Å². The van der Waals surface area contributed by atoms with E-state index < -0.39 is 10.1 Å². The van der Waals surface area contributed by atoms with Crippen LogP contribution in [-0.2, 0) is 16.5 Å². The molecular formula is C14H22NO3S+. The van der Waals surface area contributed by atoms with Crippen molar-refractivity contribution < 1.29 is 13.0 Å². The monoisotopic (exact) mass is 284 g/mol. The summed E-state index contributed by atoms with van der Waals surface area (Å²) in [5.74, 6) is -0.154. The van der Waals surface area contributed by atoms with E-state index in [9.17, 15) is 8.42 Å². The van der Waals surface area contributed by atoms with Crippen molar-refractivity contribution in [1.82, 2.24) is 4.48 Å². The van der Waals surface area contributed by atoms with Gasteiger partial charge in [0.15, 0.2) is 0 Å². The molecule has 106 valence electrons. The van der Waals surface area contributed by atoms with Gasteiger partial charge in [-0.3, -0.25) is 9.04 Å². The van der Waals surface area contributed by atoms with Gasteiger partial charge in [0.25, 0.3) is 10.1 Å². The summed E-state index contributed by atoms with van der Waals surface area (Å²) in [7, 11) is 0.478. The Hall–Kier alpha value is -0.910. The van der Waals surface area contributed by atoms with E-state index >= 15 is 0 Å². The van der Waals surface area contributed by atoms with Crippen LogP contribution in [-0.4, -0.2) is 38.4 Å². The zero-order valence-electron chi connectivity index (χ0n) is 11.8. The Morgan fingerprint density at radius 1 is 1.32 bits per heavy atom. The summed E-state index contributed by atoms with van der Waals surface area (Å²) in [6, 6.07) is 8.37. The first-order valence-corrected chi connectivity index (χ1v) is 8.14. The summed E-state index contributed by atoms with van der Waals surface area (Å²) >= 11 is 0. The summed E-state index contributed by atoms with van der Waals surface area (Å²) in [6.07, 6.45) is 2.21. The van der Waals surface area contributed by atoms with E-state index in [4.69, 9.17) is 4.55 Å².